The standard InChI is InChI=1S/C10H14N2O2/c1-7(13)6-12-10(14)9-4-3-5-11-8(9)2/h3-5,7,13H,6H2,1-2H3,(H,12,14)/t7-/m0/s1. The molecule has 1 aromatic rings. The van der Waals surface area contributed by atoms with Crippen molar-refractivity contribution >= 4 is 5.91 Å². The lowest BCUT2D eigenvalue weighted by atomic mass is 10.2. The van der Waals surface area contributed by atoms with Gasteiger partial charge in [0.1, 0.15) is 0 Å². The molecule has 0 saturated heterocycles. The van der Waals surface area contributed by atoms with Crippen molar-refractivity contribution in [1.29, 1.82) is 0 Å². The number of nitrogens with one attached hydrogen (secondary N) is 1. The normalized spacial score (nSPS) is 12.2. The lowest BCUT2D eigenvalue weighted by Crippen LogP contribution is -2.31. The number of amides is 1. The summed E-state index contributed by atoms with van der Waals surface area (Å²) >= 11 is 0. The van der Waals surface area contributed by atoms with E-state index < -0.39 is 6.10 Å². The maximum atomic E-state index is 11.5. The van der Waals surface area contributed by atoms with Gasteiger partial charge in [0, 0.05) is 18.4 Å². The van der Waals surface area contributed by atoms with E-state index in [0.29, 0.717) is 11.3 Å². The zero-order valence-electron chi connectivity index (χ0n) is 8.32. The molecule has 0 aromatic carbocycles. The van der Waals surface area contributed by atoms with Gasteiger partial charge in [0.05, 0.1) is 11.7 Å². The topological polar surface area (TPSA) is 62.2 Å². The highest BCUT2D eigenvalue weighted by molar-refractivity contribution is 5.95. The van der Waals surface area contributed by atoms with Crippen LogP contribution in [0.3, 0.4) is 0 Å². The molecule has 0 aliphatic rings. The van der Waals surface area contributed by atoms with Crippen LogP contribution < -0.4 is 5.32 Å². The Kier molecular flexibility index (Phi) is 3.59. The quantitative estimate of drug-likeness (QED) is 0.736. The zero-order valence-corrected chi connectivity index (χ0v) is 8.32. The maximum absolute atomic E-state index is 11.5. The molecule has 1 amide bonds. The largest absolute Gasteiger partial charge is 0.392 e. The fourth-order valence-electron chi connectivity index (χ4n) is 1.06. The fourth-order valence-corrected chi connectivity index (χ4v) is 1.06. The van der Waals surface area contributed by atoms with Gasteiger partial charge in [-0.3, -0.25) is 9.78 Å². The number of rotatable bonds is 3. The summed E-state index contributed by atoms with van der Waals surface area (Å²) in [4.78, 5) is 15.5. The zero-order chi connectivity index (χ0) is 10.6. The molecule has 1 atom stereocenters. The van der Waals surface area contributed by atoms with Crippen LogP contribution >= 0.6 is 0 Å². The monoisotopic (exact) mass is 194 g/mol. The van der Waals surface area contributed by atoms with Gasteiger partial charge in [0.15, 0.2) is 0 Å². The summed E-state index contributed by atoms with van der Waals surface area (Å²) in [7, 11) is 0. The summed E-state index contributed by atoms with van der Waals surface area (Å²) in [6.45, 7) is 3.65. The molecule has 0 fully saturated rings. The number of aromatic nitrogens is 1. The molecule has 0 radical (unpaired) electrons. The van der Waals surface area contributed by atoms with Gasteiger partial charge >= 0.3 is 0 Å². The predicted molar refractivity (Wildman–Crippen MR) is 53.0 cm³/mol. The van der Waals surface area contributed by atoms with E-state index in [1.54, 1.807) is 32.2 Å². The molecular formula is C10H14N2O2. The average molecular weight is 194 g/mol. The van der Waals surface area contributed by atoms with Crippen LogP contribution in [0.1, 0.15) is 23.0 Å². The maximum Gasteiger partial charge on any atom is 0.253 e. The second-order valence-electron chi connectivity index (χ2n) is 3.20. The Hall–Kier alpha value is -1.42. The van der Waals surface area contributed by atoms with E-state index in [2.05, 4.69) is 10.3 Å². The van der Waals surface area contributed by atoms with Crippen molar-refractivity contribution in [2.75, 3.05) is 6.54 Å². The molecule has 4 nitrogen and oxygen atoms in total. The highest BCUT2D eigenvalue weighted by atomic mass is 16.3. The van der Waals surface area contributed by atoms with E-state index in [1.807, 2.05) is 0 Å². The van der Waals surface area contributed by atoms with Gasteiger partial charge in [-0.25, -0.2) is 0 Å². The SMILES string of the molecule is Cc1ncccc1C(=O)NC[C@H](C)O. The Labute approximate surface area is 83.0 Å². The Morgan fingerprint density at radius 2 is 2.43 bits per heavy atom. The van der Waals surface area contributed by atoms with Crippen molar-refractivity contribution in [1.82, 2.24) is 10.3 Å². The van der Waals surface area contributed by atoms with Crippen LogP contribution in [0.5, 0.6) is 0 Å². The van der Waals surface area contributed by atoms with E-state index in [4.69, 9.17) is 5.11 Å². The van der Waals surface area contributed by atoms with Gasteiger partial charge in [0.2, 0.25) is 0 Å². The summed E-state index contributed by atoms with van der Waals surface area (Å²) in [5.41, 5.74) is 1.24. The third kappa shape index (κ3) is 2.81. The van der Waals surface area contributed by atoms with E-state index in [-0.39, 0.29) is 12.5 Å². The molecule has 0 saturated carbocycles. The minimum absolute atomic E-state index is 0.198. The van der Waals surface area contributed by atoms with E-state index in [0.717, 1.165) is 0 Å². The molecule has 76 valence electrons. The summed E-state index contributed by atoms with van der Waals surface area (Å²) in [6, 6.07) is 3.42. The molecular weight excluding hydrogens is 180 g/mol. The minimum atomic E-state index is -0.532. The molecule has 14 heavy (non-hydrogen) atoms. The molecule has 0 aliphatic carbocycles. The first-order valence-corrected chi connectivity index (χ1v) is 4.49. The first kappa shape index (κ1) is 10.7. The number of hydrogen-bond acceptors (Lipinski definition) is 3. The molecule has 0 unspecified atom stereocenters. The number of carbonyl (C=O) groups excluding carboxylic acids is 1. The third-order valence-corrected chi connectivity index (χ3v) is 1.81. The highest BCUT2D eigenvalue weighted by Gasteiger charge is 2.08. The van der Waals surface area contributed by atoms with Crippen molar-refractivity contribution in [3.63, 3.8) is 0 Å². The average Bonchev–Trinajstić information content (AvgIpc) is 2.15. The first-order chi connectivity index (χ1) is 6.61. The Bertz CT molecular complexity index is 324. The number of carbonyl (C=O) groups is 1. The van der Waals surface area contributed by atoms with Crippen LogP contribution in [0.2, 0.25) is 0 Å². The van der Waals surface area contributed by atoms with Crippen molar-refractivity contribution in [2.24, 2.45) is 0 Å². The van der Waals surface area contributed by atoms with Crippen molar-refractivity contribution < 1.29 is 9.90 Å². The molecule has 0 spiro atoms. The number of aliphatic hydroxyl groups is 1. The van der Waals surface area contributed by atoms with E-state index >= 15 is 0 Å². The second-order valence-corrected chi connectivity index (χ2v) is 3.20. The lowest BCUT2D eigenvalue weighted by Gasteiger charge is -2.08. The molecule has 1 heterocycles. The molecule has 4 heteroatoms. The summed E-state index contributed by atoms with van der Waals surface area (Å²) in [5, 5.41) is 11.6. The van der Waals surface area contributed by atoms with Crippen LogP contribution in [-0.2, 0) is 0 Å². The van der Waals surface area contributed by atoms with Gasteiger partial charge in [-0.1, -0.05) is 0 Å². The first-order valence-electron chi connectivity index (χ1n) is 4.49. The molecule has 0 aliphatic heterocycles. The van der Waals surface area contributed by atoms with Gasteiger partial charge < -0.3 is 10.4 Å². The van der Waals surface area contributed by atoms with Crippen LogP contribution in [0.25, 0.3) is 0 Å². The molecule has 1 aromatic heterocycles. The third-order valence-electron chi connectivity index (χ3n) is 1.81. The minimum Gasteiger partial charge on any atom is -0.392 e. The Morgan fingerprint density at radius 1 is 1.71 bits per heavy atom. The van der Waals surface area contributed by atoms with Crippen LogP contribution in [-0.4, -0.2) is 28.6 Å². The smallest absolute Gasteiger partial charge is 0.253 e. The number of pyridine rings is 1. The summed E-state index contributed by atoms with van der Waals surface area (Å²) in [5.74, 6) is -0.198. The van der Waals surface area contributed by atoms with E-state index in [1.165, 1.54) is 0 Å². The van der Waals surface area contributed by atoms with Crippen LogP contribution in [0.15, 0.2) is 18.3 Å². The van der Waals surface area contributed by atoms with Crippen molar-refractivity contribution in [3.05, 3.63) is 29.6 Å². The van der Waals surface area contributed by atoms with Gasteiger partial charge in [0.25, 0.3) is 5.91 Å². The van der Waals surface area contributed by atoms with Crippen LogP contribution in [0.4, 0.5) is 0 Å². The van der Waals surface area contributed by atoms with Gasteiger partial charge in [-0.15, -0.1) is 0 Å². The van der Waals surface area contributed by atoms with E-state index in [9.17, 15) is 4.79 Å². The van der Waals surface area contributed by atoms with Gasteiger partial charge in [-0.2, -0.15) is 0 Å². The molecule has 2 N–H and O–H groups in total. The fraction of sp³-hybridized carbons (Fsp3) is 0.400. The number of nitrogens with zero attached hydrogens (tertiary/aromatic N) is 1. The summed E-state index contributed by atoms with van der Waals surface area (Å²) < 4.78 is 0. The second kappa shape index (κ2) is 4.72. The number of aliphatic hydroxyl groups excluding tert-OH is 1. The van der Waals surface area contributed by atoms with Crippen molar-refractivity contribution in [2.45, 2.75) is 20.0 Å². The van der Waals surface area contributed by atoms with Crippen LogP contribution in [0, 0.1) is 6.92 Å². The number of aryl methyl sites for hydroxylation is 1. The summed E-state index contributed by atoms with van der Waals surface area (Å²) in [6.07, 6.45) is 1.11. The lowest BCUT2D eigenvalue weighted by molar-refractivity contribution is 0.0923. The Balaban J connectivity index is 2.65. The Morgan fingerprint density at radius 3 is 3.00 bits per heavy atom. The van der Waals surface area contributed by atoms with Crippen molar-refractivity contribution in [3.8, 4) is 0 Å². The predicted octanol–water partition coefficient (Wildman–Crippen LogP) is 0.501. The number of hydrogen-bond donors (Lipinski definition) is 2. The van der Waals surface area contributed by atoms with Gasteiger partial charge in [-0.05, 0) is 26.0 Å². The molecule has 0 bridgehead atoms. The highest BCUT2D eigenvalue weighted by Crippen LogP contribution is 2.02. The molecule has 1 rings (SSSR count).